The summed E-state index contributed by atoms with van der Waals surface area (Å²) < 4.78 is 0. The Morgan fingerprint density at radius 3 is 2.18 bits per heavy atom. The first-order chi connectivity index (χ1) is 7.91. The van der Waals surface area contributed by atoms with Crippen LogP contribution in [0.4, 0.5) is 0 Å². The molecular weight excluding hydrogens is 280 g/mol. The van der Waals surface area contributed by atoms with Gasteiger partial charge in [-0.25, -0.2) is 0 Å². The van der Waals surface area contributed by atoms with E-state index in [0.717, 1.165) is 25.9 Å². The number of likely N-dealkylation sites (tertiary alicyclic amines) is 1. The van der Waals surface area contributed by atoms with Gasteiger partial charge in [0.1, 0.15) is 0 Å². The van der Waals surface area contributed by atoms with Crippen molar-refractivity contribution in [2.45, 2.75) is 57.4 Å². The molecular formula is C13H25BrN2O. The lowest BCUT2D eigenvalue weighted by Gasteiger charge is -2.35. The second kappa shape index (κ2) is 6.74. The van der Waals surface area contributed by atoms with Crippen molar-refractivity contribution in [3.8, 4) is 0 Å². The number of rotatable bonds is 4. The lowest BCUT2D eigenvalue weighted by atomic mass is 10.0. The van der Waals surface area contributed by atoms with Gasteiger partial charge in [0.25, 0.3) is 0 Å². The van der Waals surface area contributed by atoms with E-state index in [-0.39, 0.29) is 10.7 Å². The van der Waals surface area contributed by atoms with E-state index in [2.05, 4.69) is 53.8 Å². The van der Waals surface area contributed by atoms with Crippen molar-refractivity contribution in [1.29, 1.82) is 0 Å². The number of alkyl halides is 1. The zero-order chi connectivity index (χ0) is 13.0. The number of carbonyl (C=O) groups excluding carboxylic acids is 1. The molecule has 1 aliphatic heterocycles. The third-order valence-electron chi connectivity index (χ3n) is 3.44. The van der Waals surface area contributed by atoms with Gasteiger partial charge in [-0.2, -0.15) is 0 Å². The molecule has 1 aliphatic rings. The number of carbonyl (C=O) groups is 1. The number of halogens is 1. The van der Waals surface area contributed by atoms with Gasteiger partial charge < -0.3 is 10.2 Å². The van der Waals surface area contributed by atoms with E-state index in [1.807, 2.05) is 0 Å². The summed E-state index contributed by atoms with van der Waals surface area (Å²) in [7, 11) is 0. The van der Waals surface area contributed by atoms with Crippen LogP contribution in [-0.4, -0.2) is 40.8 Å². The molecule has 1 atom stereocenters. The highest BCUT2D eigenvalue weighted by atomic mass is 79.9. The summed E-state index contributed by atoms with van der Waals surface area (Å²) in [5.41, 5.74) is 0. The summed E-state index contributed by atoms with van der Waals surface area (Å²) in [5.74, 6) is 0.480. The van der Waals surface area contributed by atoms with Crippen LogP contribution in [0.15, 0.2) is 0 Å². The second-order valence-corrected chi connectivity index (χ2v) is 6.54. The van der Waals surface area contributed by atoms with Crippen molar-refractivity contribution in [2.75, 3.05) is 13.1 Å². The molecule has 1 N–H and O–H groups in total. The minimum atomic E-state index is -0.0642. The van der Waals surface area contributed by atoms with Crippen molar-refractivity contribution in [3.63, 3.8) is 0 Å². The second-order valence-electron chi connectivity index (χ2n) is 5.56. The van der Waals surface area contributed by atoms with Gasteiger partial charge in [0.15, 0.2) is 0 Å². The van der Waals surface area contributed by atoms with Crippen LogP contribution in [0.25, 0.3) is 0 Å². The predicted octanol–water partition coefficient (Wildman–Crippen LogP) is 2.39. The third kappa shape index (κ3) is 4.59. The Morgan fingerprint density at radius 1 is 1.24 bits per heavy atom. The van der Waals surface area contributed by atoms with Crippen LogP contribution in [0.5, 0.6) is 0 Å². The highest BCUT2D eigenvalue weighted by Gasteiger charge is 2.25. The Labute approximate surface area is 113 Å². The maximum Gasteiger partial charge on any atom is 0.234 e. The average Bonchev–Trinajstić information content (AvgIpc) is 2.28. The Hall–Kier alpha value is -0.0900. The monoisotopic (exact) mass is 304 g/mol. The lowest BCUT2D eigenvalue weighted by molar-refractivity contribution is -0.122. The number of piperidine rings is 1. The Bertz CT molecular complexity index is 248. The van der Waals surface area contributed by atoms with Crippen LogP contribution in [0.2, 0.25) is 0 Å². The number of hydrogen-bond donors (Lipinski definition) is 1. The normalized spacial score (nSPS) is 20.9. The molecule has 0 aromatic carbocycles. The first-order valence-corrected chi connectivity index (χ1v) is 7.52. The molecule has 1 unspecified atom stereocenters. The molecule has 1 fully saturated rings. The third-order valence-corrected chi connectivity index (χ3v) is 4.92. The van der Waals surface area contributed by atoms with Crippen LogP contribution in [0, 0.1) is 5.92 Å². The van der Waals surface area contributed by atoms with Crippen LogP contribution >= 0.6 is 15.9 Å². The quantitative estimate of drug-likeness (QED) is 0.809. The summed E-state index contributed by atoms with van der Waals surface area (Å²) in [6.45, 7) is 10.8. The minimum absolute atomic E-state index is 0.0642. The largest absolute Gasteiger partial charge is 0.352 e. The van der Waals surface area contributed by atoms with Gasteiger partial charge in [-0.1, -0.05) is 29.8 Å². The van der Waals surface area contributed by atoms with Gasteiger partial charge in [-0.15, -0.1) is 0 Å². The van der Waals surface area contributed by atoms with E-state index in [1.54, 1.807) is 0 Å². The molecule has 17 heavy (non-hydrogen) atoms. The van der Waals surface area contributed by atoms with Crippen LogP contribution < -0.4 is 5.32 Å². The van der Waals surface area contributed by atoms with Crippen molar-refractivity contribution >= 4 is 21.8 Å². The molecule has 0 aromatic heterocycles. The number of nitrogens with zero attached hydrogens (tertiary/aromatic N) is 1. The number of amides is 1. The van der Waals surface area contributed by atoms with Gasteiger partial charge in [-0.05, 0) is 32.6 Å². The topological polar surface area (TPSA) is 32.3 Å². The van der Waals surface area contributed by atoms with Crippen LogP contribution in [0.3, 0.4) is 0 Å². The van der Waals surface area contributed by atoms with Crippen molar-refractivity contribution < 1.29 is 4.79 Å². The molecule has 0 aliphatic carbocycles. The molecule has 1 amide bonds. The Morgan fingerprint density at radius 2 is 1.76 bits per heavy atom. The first-order valence-electron chi connectivity index (χ1n) is 6.60. The van der Waals surface area contributed by atoms with E-state index < -0.39 is 0 Å². The average molecular weight is 305 g/mol. The van der Waals surface area contributed by atoms with E-state index in [4.69, 9.17) is 0 Å². The molecule has 1 saturated heterocycles. The number of hydrogen-bond acceptors (Lipinski definition) is 2. The highest BCUT2D eigenvalue weighted by molar-refractivity contribution is 9.10. The lowest BCUT2D eigenvalue weighted by Crippen LogP contribution is -2.48. The minimum Gasteiger partial charge on any atom is -0.352 e. The zero-order valence-corrected chi connectivity index (χ0v) is 13.0. The van der Waals surface area contributed by atoms with Gasteiger partial charge >= 0.3 is 0 Å². The summed E-state index contributed by atoms with van der Waals surface area (Å²) in [6, 6.07) is 0.975. The van der Waals surface area contributed by atoms with E-state index >= 15 is 0 Å². The molecule has 0 aromatic rings. The van der Waals surface area contributed by atoms with Gasteiger partial charge in [0.2, 0.25) is 5.91 Å². The molecule has 0 spiro atoms. The summed E-state index contributed by atoms with van der Waals surface area (Å²) in [5, 5.41) is 3.15. The van der Waals surface area contributed by atoms with Crippen LogP contribution in [0.1, 0.15) is 40.5 Å². The summed E-state index contributed by atoms with van der Waals surface area (Å²) in [6.07, 6.45) is 2.14. The Balaban J connectivity index is 2.33. The van der Waals surface area contributed by atoms with Crippen molar-refractivity contribution in [1.82, 2.24) is 10.2 Å². The molecule has 1 heterocycles. The molecule has 0 radical (unpaired) electrons. The fraction of sp³-hybridized carbons (Fsp3) is 0.923. The molecule has 100 valence electrons. The van der Waals surface area contributed by atoms with Crippen molar-refractivity contribution in [3.05, 3.63) is 0 Å². The van der Waals surface area contributed by atoms with Crippen molar-refractivity contribution in [2.24, 2.45) is 5.92 Å². The molecule has 0 saturated carbocycles. The smallest absolute Gasteiger partial charge is 0.234 e. The maximum absolute atomic E-state index is 11.9. The summed E-state index contributed by atoms with van der Waals surface area (Å²) >= 11 is 3.45. The molecule has 4 heteroatoms. The fourth-order valence-corrected chi connectivity index (χ4v) is 2.28. The van der Waals surface area contributed by atoms with E-state index in [1.165, 1.54) is 0 Å². The SMILES string of the molecule is CC(C)C(Br)C(=O)NC1CCN(C(C)C)CC1. The molecule has 1 rings (SSSR count). The first kappa shape index (κ1) is 15.0. The maximum atomic E-state index is 11.9. The molecule has 3 nitrogen and oxygen atoms in total. The standard InChI is InChI=1S/C13H25BrN2O/c1-9(2)12(14)13(17)15-11-5-7-16(8-6-11)10(3)4/h9-12H,5-8H2,1-4H3,(H,15,17). The molecule has 0 bridgehead atoms. The predicted molar refractivity (Wildman–Crippen MR) is 75.4 cm³/mol. The zero-order valence-electron chi connectivity index (χ0n) is 11.4. The number of nitrogens with one attached hydrogen (secondary N) is 1. The van der Waals surface area contributed by atoms with Gasteiger partial charge in [-0.3, -0.25) is 4.79 Å². The summed E-state index contributed by atoms with van der Waals surface area (Å²) in [4.78, 5) is 14.3. The van der Waals surface area contributed by atoms with E-state index in [9.17, 15) is 4.79 Å². The Kier molecular flexibility index (Phi) is 5.93. The highest BCUT2D eigenvalue weighted by Crippen LogP contribution is 2.16. The van der Waals surface area contributed by atoms with Crippen LogP contribution in [-0.2, 0) is 4.79 Å². The fourth-order valence-electron chi connectivity index (χ4n) is 2.14. The van der Waals surface area contributed by atoms with Gasteiger partial charge in [0, 0.05) is 25.2 Å². The van der Waals surface area contributed by atoms with E-state index in [0.29, 0.717) is 18.0 Å². The van der Waals surface area contributed by atoms with Gasteiger partial charge in [0.05, 0.1) is 4.83 Å².